The van der Waals surface area contributed by atoms with Gasteiger partial charge in [-0.1, -0.05) is 43.6 Å². The van der Waals surface area contributed by atoms with Crippen LogP contribution in [0.2, 0.25) is 5.02 Å². The van der Waals surface area contributed by atoms with Crippen molar-refractivity contribution < 1.29 is 13.2 Å². The fourth-order valence-electron chi connectivity index (χ4n) is 3.04. The average Bonchev–Trinajstić information content (AvgIpc) is 2.68. The molecule has 1 N–H and O–H groups in total. The molecule has 1 amide bonds. The van der Waals surface area contributed by atoms with Gasteiger partial charge in [0.15, 0.2) is 0 Å². The Morgan fingerprint density at radius 3 is 2.21 bits per heavy atom. The van der Waals surface area contributed by atoms with Gasteiger partial charge in [-0.15, -0.1) is 0 Å². The molecule has 2 aromatic carbocycles. The number of hydrogen-bond acceptors (Lipinski definition) is 4. The Kier molecular flexibility index (Phi) is 8.22. The van der Waals surface area contributed by atoms with Crippen LogP contribution in [0.25, 0.3) is 0 Å². The maximum absolute atomic E-state index is 12.5. The Hall–Kier alpha value is -1.93. The van der Waals surface area contributed by atoms with Crippen molar-refractivity contribution in [2.24, 2.45) is 0 Å². The van der Waals surface area contributed by atoms with Crippen LogP contribution in [0.15, 0.2) is 53.4 Å². The number of halogens is 1. The molecule has 0 fully saturated rings. The summed E-state index contributed by atoms with van der Waals surface area (Å²) in [5, 5.41) is 3.47. The zero-order valence-corrected chi connectivity index (χ0v) is 18.8. The topological polar surface area (TPSA) is 69.7 Å². The average molecular weight is 438 g/mol. The third-order valence-electron chi connectivity index (χ3n) is 4.89. The number of benzene rings is 2. The number of hydrogen-bond donors (Lipinski definition) is 1. The molecule has 0 heterocycles. The van der Waals surface area contributed by atoms with Gasteiger partial charge in [0.25, 0.3) is 0 Å². The van der Waals surface area contributed by atoms with Crippen molar-refractivity contribution in [1.82, 2.24) is 9.21 Å². The summed E-state index contributed by atoms with van der Waals surface area (Å²) in [5.41, 5.74) is 1.50. The quantitative estimate of drug-likeness (QED) is 0.643. The van der Waals surface area contributed by atoms with Crippen molar-refractivity contribution in [3.05, 3.63) is 59.1 Å². The second kappa shape index (κ2) is 10.2. The molecule has 0 aliphatic carbocycles. The highest BCUT2D eigenvalue weighted by Gasteiger charge is 2.21. The first-order valence-corrected chi connectivity index (χ1v) is 11.4. The van der Waals surface area contributed by atoms with Crippen LogP contribution in [0.4, 0.5) is 5.69 Å². The molecule has 158 valence electrons. The zero-order chi connectivity index (χ0) is 21.6. The highest BCUT2D eigenvalue weighted by molar-refractivity contribution is 7.89. The molecule has 6 nitrogen and oxygen atoms in total. The second-order valence-corrected chi connectivity index (χ2v) is 9.12. The summed E-state index contributed by atoms with van der Waals surface area (Å²) in [6.45, 7) is 6.58. The molecule has 0 aliphatic heterocycles. The first kappa shape index (κ1) is 23.3. The van der Waals surface area contributed by atoms with Crippen molar-refractivity contribution in [3.8, 4) is 0 Å². The minimum atomic E-state index is -3.51. The molecule has 0 aliphatic rings. The van der Waals surface area contributed by atoms with E-state index in [0.717, 1.165) is 5.56 Å². The standard InChI is InChI=1S/C21H28ClN3O3S/c1-5-25(6-2)29(27,28)18-13-11-17(12-14-18)23-21(26)15-24(4)16(3)19-9-7-8-10-20(19)22/h7-14,16H,5-6,15H2,1-4H3,(H,23,26). The molecule has 0 saturated heterocycles. The lowest BCUT2D eigenvalue weighted by molar-refractivity contribution is -0.117. The van der Waals surface area contributed by atoms with E-state index in [1.807, 2.05) is 43.1 Å². The number of amides is 1. The van der Waals surface area contributed by atoms with Crippen LogP contribution in [0, 0.1) is 0 Å². The van der Waals surface area contributed by atoms with Gasteiger partial charge in [-0.05, 0) is 49.9 Å². The van der Waals surface area contributed by atoms with E-state index in [1.54, 1.807) is 26.0 Å². The summed E-state index contributed by atoms with van der Waals surface area (Å²) < 4.78 is 26.5. The largest absolute Gasteiger partial charge is 0.325 e. The maximum atomic E-state index is 12.5. The van der Waals surface area contributed by atoms with E-state index in [2.05, 4.69) is 5.32 Å². The molecule has 0 radical (unpaired) electrons. The van der Waals surface area contributed by atoms with Crippen LogP contribution in [-0.2, 0) is 14.8 Å². The lowest BCUT2D eigenvalue weighted by atomic mass is 10.1. The Morgan fingerprint density at radius 1 is 1.07 bits per heavy atom. The van der Waals surface area contributed by atoms with Crippen molar-refractivity contribution >= 4 is 33.2 Å². The van der Waals surface area contributed by atoms with E-state index in [-0.39, 0.29) is 23.4 Å². The van der Waals surface area contributed by atoms with Gasteiger partial charge < -0.3 is 5.32 Å². The van der Waals surface area contributed by atoms with Gasteiger partial charge in [-0.3, -0.25) is 9.69 Å². The zero-order valence-electron chi connectivity index (χ0n) is 17.2. The summed E-state index contributed by atoms with van der Waals surface area (Å²) in [7, 11) is -1.66. The van der Waals surface area contributed by atoms with Crippen LogP contribution in [0.5, 0.6) is 0 Å². The van der Waals surface area contributed by atoms with Gasteiger partial charge in [-0.25, -0.2) is 8.42 Å². The predicted octanol–water partition coefficient (Wildman–Crippen LogP) is 4.00. The fraction of sp³-hybridized carbons (Fsp3) is 0.381. The lowest BCUT2D eigenvalue weighted by Crippen LogP contribution is -2.32. The van der Waals surface area contributed by atoms with Gasteiger partial charge >= 0.3 is 0 Å². The number of sulfonamides is 1. The second-order valence-electron chi connectivity index (χ2n) is 6.77. The van der Waals surface area contributed by atoms with Crippen LogP contribution in [0.3, 0.4) is 0 Å². The molecule has 1 atom stereocenters. The summed E-state index contributed by atoms with van der Waals surface area (Å²) in [5.74, 6) is -0.189. The van der Waals surface area contributed by atoms with E-state index in [1.165, 1.54) is 16.4 Å². The van der Waals surface area contributed by atoms with Gasteiger partial charge in [0.2, 0.25) is 15.9 Å². The number of anilines is 1. The Bertz CT molecular complexity index is 928. The maximum Gasteiger partial charge on any atom is 0.243 e. The number of likely N-dealkylation sites (N-methyl/N-ethyl adjacent to an activating group) is 1. The molecule has 2 rings (SSSR count). The summed E-state index contributed by atoms with van der Waals surface area (Å²) >= 11 is 6.24. The van der Waals surface area contributed by atoms with Crippen molar-refractivity contribution in [3.63, 3.8) is 0 Å². The Morgan fingerprint density at radius 2 is 1.66 bits per heavy atom. The third kappa shape index (κ3) is 5.79. The molecule has 8 heteroatoms. The van der Waals surface area contributed by atoms with Gasteiger partial charge in [0.1, 0.15) is 0 Å². The smallest absolute Gasteiger partial charge is 0.243 e. The predicted molar refractivity (Wildman–Crippen MR) is 118 cm³/mol. The minimum Gasteiger partial charge on any atom is -0.325 e. The first-order valence-electron chi connectivity index (χ1n) is 9.55. The number of rotatable bonds is 9. The monoisotopic (exact) mass is 437 g/mol. The molecule has 0 aromatic heterocycles. The van der Waals surface area contributed by atoms with E-state index >= 15 is 0 Å². The summed E-state index contributed by atoms with van der Waals surface area (Å²) in [6, 6.07) is 13.8. The SMILES string of the molecule is CCN(CC)S(=O)(=O)c1ccc(NC(=O)CN(C)C(C)c2ccccc2Cl)cc1. The van der Waals surface area contributed by atoms with Gasteiger partial charge in [-0.2, -0.15) is 4.31 Å². The number of carbonyl (C=O) groups excluding carboxylic acids is 1. The molecular weight excluding hydrogens is 410 g/mol. The Balaban J connectivity index is 2.01. The number of nitrogens with one attached hydrogen (secondary N) is 1. The van der Waals surface area contributed by atoms with Crippen LogP contribution < -0.4 is 5.32 Å². The molecule has 0 bridgehead atoms. The van der Waals surface area contributed by atoms with Crippen LogP contribution in [-0.4, -0.2) is 50.2 Å². The van der Waals surface area contributed by atoms with Crippen molar-refractivity contribution in [2.75, 3.05) is 32.0 Å². The van der Waals surface area contributed by atoms with Gasteiger partial charge in [0, 0.05) is 29.8 Å². The summed E-state index contributed by atoms with van der Waals surface area (Å²) in [6.07, 6.45) is 0. The van der Waals surface area contributed by atoms with Crippen molar-refractivity contribution in [2.45, 2.75) is 31.7 Å². The first-order chi connectivity index (χ1) is 13.7. The van der Waals surface area contributed by atoms with E-state index in [9.17, 15) is 13.2 Å². The molecular formula is C21H28ClN3O3S. The Labute approximate surface area is 178 Å². The third-order valence-corrected chi connectivity index (χ3v) is 7.30. The summed E-state index contributed by atoms with van der Waals surface area (Å²) in [4.78, 5) is 14.5. The van der Waals surface area contributed by atoms with Crippen LogP contribution >= 0.6 is 11.6 Å². The van der Waals surface area contributed by atoms with Gasteiger partial charge in [0.05, 0.1) is 11.4 Å². The van der Waals surface area contributed by atoms with Crippen LogP contribution in [0.1, 0.15) is 32.4 Å². The van der Waals surface area contributed by atoms with E-state index in [4.69, 9.17) is 11.6 Å². The van der Waals surface area contributed by atoms with E-state index < -0.39 is 10.0 Å². The molecule has 2 aromatic rings. The highest BCUT2D eigenvalue weighted by Crippen LogP contribution is 2.26. The molecule has 0 saturated carbocycles. The number of carbonyl (C=O) groups is 1. The molecule has 0 spiro atoms. The minimum absolute atomic E-state index is 0.0314. The van der Waals surface area contributed by atoms with Crippen molar-refractivity contribution in [1.29, 1.82) is 0 Å². The fourth-order valence-corrected chi connectivity index (χ4v) is 4.79. The lowest BCUT2D eigenvalue weighted by Gasteiger charge is -2.25. The normalized spacial score (nSPS) is 12.9. The molecule has 1 unspecified atom stereocenters. The van der Waals surface area contributed by atoms with E-state index in [0.29, 0.717) is 23.8 Å². The highest BCUT2D eigenvalue weighted by atomic mass is 35.5. The number of nitrogens with zero attached hydrogens (tertiary/aromatic N) is 2. The molecule has 29 heavy (non-hydrogen) atoms.